The topological polar surface area (TPSA) is 132 Å². The third-order valence-corrected chi connectivity index (χ3v) is 6.11. The number of phenolic OH excluding ortho intramolecular Hbond substituents is 1. The molecule has 0 radical (unpaired) electrons. The predicted octanol–water partition coefficient (Wildman–Crippen LogP) is 5.53. The van der Waals surface area contributed by atoms with Crippen molar-refractivity contribution in [2.45, 2.75) is 4.90 Å². The highest BCUT2D eigenvalue weighted by atomic mass is 32.2. The molecule has 4 aromatic carbocycles. The first kappa shape index (κ1) is 23.9. The average molecular weight is 491 g/mol. The molecule has 0 spiro atoms. The number of benzene rings is 4. The molecule has 10 heteroatoms. The highest BCUT2D eigenvalue weighted by Crippen LogP contribution is 2.37. The second-order valence-corrected chi connectivity index (χ2v) is 9.30. The lowest BCUT2D eigenvalue weighted by molar-refractivity contribution is 0.102. The number of fused-ring (bicyclic) bond motifs is 1. The second kappa shape index (κ2) is 9.53. The van der Waals surface area contributed by atoms with E-state index in [9.17, 15) is 22.9 Å². The van der Waals surface area contributed by atoms with Crippen molar-refractivity contribution < 1.29 is 22.9 Å². The van der Waals surface area contributed by atoms with E-state index in [-0.39, 0.29) is 21.9 Å². The number of azo groups is 1. The average Bonchev–Trinajstić information content (AvgIpc) is 2.83. The van der Waals surface area contributed by atoms with Crippen LogP contribution in [0.5, 0.6) is 5.75 Å². The highest BCUT2D eigenvalue weighted by molar-refractivity contribution is 7.85. The summed E-state index contributed by atoms with van der Waals surface area (Å²) in [5.74, 6) is -0.736. The van der Waals surface area contributed by atoms with Gasteiger partial charge < -0.3 is 15.3 Å². The monoisotopic (exact) mass is 490 g/mol. The first-order valence-corrected chi connectivity index (χ1v) is 11.9. The second-order valence-electron chi connectivity index (χ2n) is 7.88. The van der Waals surface area contributed by atoms with Gasteiger partial charge in [0.05, 0.1) is 33.2 Å². The fourth-order valence-corrected chi connectivity index (χ4v) is 4.09. The van der Waals surface area contributed by atoms with Crippen LogP contribution in [0, 0.1) is 0 Å². The Morgan fingerprint density at radius 3 is 2.29 bits per heavy atom. The molecular formula is C25H22N4O5S. The molecule has 9 nitrogen and oxygen atoms in total. The Balaban J connectivity index is 1.77. The molecule has 0 saturated heterocycles. The van der Waals surface area contributed by atoms with Gasteiger partial charge in [0.25, 0.3) is 16.0 Å². The molecule has 0 atom stereocenters. The van der Waals surface area contributed by atoms with Crippen LogP contribution < -0.4 is 10.2 Å². The van der Waals surface area contributed by atoms with Crippen LogP contribution in [0.3, 0.4) is 0 Å². The molecule has 0 aliphatic heterocycles. The van der Waals surface area contributed by atoms with Crippen LogP contribution in [-0.4, -0.2) is 38.1 Å². The molecule has 0 saturated carbocycles. The molecule has 0 bridgehead atoms. The summed E-state index contributed by atoms with van der Waals surface area (Å²) in [6.45, 7) is 0. The summed E-state index contributed by atoms with van der Waals surface area (Å²) in [6.07, 6.45) is 0. The summed E-state index contributed by atoms with van der Waals surface area (Å²) < 4.78 is 32.1. The van der Waals surface area contributed by atoms with Crippen LogP contribution in [0.2, 0.25) is 0 Å². The number of anilines is 2. The van der Waals surface area contributed by atoms with Gasteiger partial charge in [0.2, 0.25) is 0 Å². The van der Waals surface area contributed by atoms with Gasteiger partial charge in [-0.05, 0) is 36.4 Å². The van der Waals surface area contributed by atoms with E-state index in [1.807, 2.05) is 31.1 Å². The van der Waals surface area contributed by atoms with Crippen molar-refractivity contribution in [1.29, 1.82) is 0 Å². The summed E-state index contributed by atoms with van der Waals surface area (Å²) >= 11 is 0. The summed E-state index contributed by atoms with van der Waals surface area (Å²) in [7, 11) is -0.687. The Morgan fingerprint density at radius 1 is 0.886 bits per heavy atom. The molecule has 3 N–H and O–H groups in total. The summed E-state index contributed by atoms with van der Waals surface area (Å²) in [6, 6.07) is 20.9. The standard InChI is InChI=1S/C25H22N4O5S/c1-29(2)23-13-6-5-12-21(23)26-25(31)20-15-22(18-10-3-4-11-19(18)24(20)30)28-27-16-8-7-9-17(14-16)35(32,33)34/h3-15,30H,1-2H3,(H,26,31)(H,32,33,34). The van der Waals surface area contributed by atoms with E-state index < -0.39 is 16.0 Å². The van der Waals surface area contributed by atoms with Crippen LogP contribution >= 0.6 is 0 Å². The van der Waals surface area contributed by atoms with Gasteiger partial charge in [0.15, 0.2) is 0 Å². The third kappa shape index (κ3) is 5.13. The van der Waals surface area contributed by atoms with Gasteiger partial charge in [-0.2, -0.15) is 13.5 Å². The van der Waals surface area contributed by atoms with Gasteiger partial charge in [-0.1, -0.05) is 42.5 Å². The number of aromatic hydroxyl groups is 1. The van der Waals surface area contributed by atoms with E-state index in [1.54, 1.807) is 36.4 Å². The van der Waals surface area contributed by atoms with Crippen molar-refractivity contribution in [3.8, 4) is 5.75 Å². The Morgan fingerprint density at radius 2 is 1.57 bits per heavy atom. The lowest BCUT2D eigenvalue weighted by Gasteiger charge is -2.18. The zero-order valence-corrected chi connectivity index (χ0v) is 19.7. The number of hydrogen-bond acceptors (Lipinski definition) is 7. The molecule has 0 aliphatic carbocycles. The number of nitrogens with zero attached hydrogens (tertiary/aromatic N) is 3. The number of carbonyl (C=O) groups excluding carboxylic acids is 1. The minimum atomic E-state index is -4.40. The number of phenols is 1. The van der Waals surface area contributed by atoms with Gasteiger partial charge in [-0.25, -0.2) is 0 Å². The normalized spacial score (nSPS) is 11.6. The van der Waals surface area contributed by atoms with E-state index in [0.717, 1.165) is 5.69 Å². The zero-order chi connectivity index (χ0) is 25.2. The molecular weight excluding hydrogens is 468 g/mol. The number of hydrogen-bond donors (Lipinski definition) is 3. The van der Waals surface area contributed by atoms with Crippen molar-refractivity contribution in [2.24, 2.45) is 10.2 Å². The van der Waals surface area contributed by atoms with Crippen LogP contribution in [0.15, 0.2) is 94.0 Å². The molecule has 4 aromatic rings. The molecule has 0 aliphatic rings. The number of nitrogens with one attached hydrogen (secondary N) is 1. The van der Waals surface area contributed by atoms with Gasteiger partial charge in [-0.3, -0.25) is 9.35 Å². The largest absolute Gasteiger partial charge is 0.506 e. The van der Waals surface area contributed by atoms with Gasteiger partial charge in [0, 0.05) is 24.9 Å². The molecule has 178 valence electrons. The van der Waals surface area contributed by atoms with Crippen molar-refractivity contribution in [2.75, 3.05) is 24.3 Å². The van der Waals surface area contributed by atoms with Gasteiger partial charge in [0.1, 0.15) is 5.75 Å². The summed E-state index contributed by atoms with van der Waals surface area (Å²) in [5.41, 5.74) is 1.84. The quantitative estimate of drug-likeness (QED) is 0.241. The van der Waals surface area contributed by atoms with Crippen LogP contribution in [0.1, 0.15) is 10.4 Å². The van der Waals surface area contributed by atoms with Crippen molar-refractivity contribution in [3.05, 3.63) is 84.4 Å². The van der Waals surface area contributed by atoms with Gasteiger partial charge in [-0.15, -0.1) is 5.11 Å². The van der Waals surface area contributed by atoms with Crippen molar-refractivity contribution in [1.82, 2.24) is 0 Å². The van der Waals surface area contributed by atoms with Crippen molar-refractivity contribution >= 4 is 49.5 Å². The predicted molar refractivity (Wildman–Crippen MR) is 135 cm³/mol. The highest BCUT2D eigenvalue weighted by Gasteiger charge is 2.19. The minimum absolute atomic E-state index is 0.00195. The van der Waals surface area contributed by atoms with Crippen molar-refractivity contribution in [3.63, 3.8) is 0 Å². The van der Waals surface area contributed by atoms with E-state index in [0.29, 0.717) is 22.1 Å². The molecule has 0 heterocycles. The van der Waals surface area contributed by atoms with E-state index in [1.165, 1.54) is 30.3 Å². The molecule has 0 aromatic heterocycles. The third-order valence-electron chi connectivity index (χ3n) is 5.26. The molecule has 4 rings (SSSR count). The number of carbonyl (C=O) groups is 1. The maximum Gasteiger partial charge on any atom is 0.294 e. The molecule has 0 unspecified atom stereocenters. The summed E-state index contributed by atoms with van der Waals surface area (Å²) in [4.78, 5) is 14.7. The van der Waals surface area contributed by atoms with E-state index in [4.69, 9.17) is 0 Å². The Hall–Kier alpha value is -4.28. The maximum absolute atomic E-state index is 13.2. The minimum Gasteiger partial charge on any atom is -0.506 e. The number of para-hydroxylation sites is 2. The lowest BCUT2D eigenvalue weighted by Crippen LogP contribution is -2.16. The van der Waals surface area contributed by atoms with Gasteiger partial charge >= 0.3 is 0 Å². The van der Waals surface area contributed by atoms with Crippen LogP contribution in [0.25, 0.3) is 10.8 Å². The van der Waals surface area contributed by atoms with Crippen LogP contribution in [0.4, 0.5) is 22.7 Å². The fraction of sp³-hybridized carbons (Fsp3) is 0.0800. The van der Waals surface area contributed by atoms with Crippen LogP contribution in [-0.2, 0) is 10.1 Å². The molecule has 1 amide bonds. The van der Waals surface area contributed by atoms with E-state index in [2.05, 4.69) is 15.5 Å². The maximum atomic E-state index is 13.2. The zero-order valence-electron chi connectivity index (χ0n) is 18.9. The number of amides is 1. The first-order chi connectivity index (χ1) is 16.6. The Labute approximate surface area is 202 Å². The number of rotatable bonds is 6. The Bertz CT molecular complexity index is 1570. The SMILES string of the molecule is CN(C)c1ccccc1NC(=O)c1cc(N=Nc2cccc(S(=O)(=O)O)c2)c2ccccc2c1O. The Kier molecular flexibility index (Phi) is 6.50. The molecule has 0 fully saturated rings. The lowest BCUT2D eigenvalue weighted by atomic mass is 10.0. The fourth-order valence-electron chi connectivity index (χ4n) is 3.57. The van der Waals surface area contributed by atoms with E-state index >= 15 is 0 Å². The smallest absolute Gasteiger partial charge is 0.294 e. The summed E-state index contributed by atoms with van der Waals surface area (Å²) in [5, 5.41) is 23.0. The molecule has 35 heavy (non-hydrogen) atoms. The first-order valence-electron chi connectivity index (χ1n) is 10.5.